The van der Waals surface area contributed by atoms with Crippen molar-refractivity contribution in [1.82, 2.24) is 4.90 Å². The summed E-state index contributed by atoms with van der Waals surface area (Å²) in [5, 5.41) is 9.55. The molecular formula is C27H25NO5. The maximum Gasteiger partial charge on any atom is 0.409 e. The lowest BCUT2D eigenvalue weighted by atomic mass is 9.98. The highest BCUT2D eigenvalue weighted by Gasteiger charge is 2.31. The smallest absolute Gasteiger partial charge is 0.409 e. The lowest BCUT2D eigenvalue weighted by molar-refractivity contribution is 0.0455. The van der Waals surface area contributed by atoms with Gasteiger partial charge >= 0.3 is 12.1 Å². The molecule has 1 aliphatic heterocycles. The van der Waals surface area contributed by atoms with E-state index in [4.69, 9.17) is 9.47 Å². The highest BCUT2D eigenvalue weighted by Crippen LogP contribution is 2.44. The Kier molecular flexibility index (Phi) is 5.84. The van der Waals surface area contributed by atoms with Crippen LogP contribution in [0.3, 0.4) is 0 Å². The molecule has 0 bridgehead atoms. The standard InChI is InChI=1S/C27H25NO5/c29-26(30)23-13-6-5-12-22(23)25-16-28(14-7-15-32-25)27(31)33-17-24-20-10-3-1-8-18(20)19-9-2-4-11-21(19)24/h1-6,8-13,24-25H,7,14-17H2,(H,29,30)/t25-/m0/s1. The number of amides is 1. The zero-order chi connectivity index (χ0) is 22.8. The molecule has 1 heterocycles. The summed E-state index contributed by atoms with van der Waals surface area (Å²) in [5.74, 6) is -1.01. The van der Waals surface area contributed by atoms with Gasteiger partial charge in [-0.3, -0.25) is 0 Å². The van der Waals surface area contributed by atoms with Gasteiger partial charge in [-0.2, -0.15) is 0 Å². The molecule has 1 aliphatic carbocycles. The molecule has 2 aliphatic rings. The number of aromatic carboxylic acids is 1. The van der Waals surface area contributed by atoms with Crippen LogP contribution in [0.25, 0.3) is 11.1 Å². The number of ether oxygens (including phenoxy) is 2. The number of carboxylic acids is 1. The molecule has 1 saturated heterocycles. The topological polar surface area (TPSA) is 76.1 Å². The number of fused-ring (bicyclic) bond motifs is 3. The van der Waals surface area contributed by atoms with Gasteiger partial charge in [0.05, 0.1) is 12.1 Å². The van der Waals surface area contributed by atoms with Gasteiger partial charge in [-0.05, 0) is 40.3 Å². The predicted octanol–water partition coefficient (Wildman–Crippen LogP) is 5.10. The van der Waals surface area contributed by atoms with E-state index in [1.807, 2.05) is 24.3 Å². The van der Waals surface area contributed by atoms with E-state index >= 15 is 0 Å². The maximum atomic E-state index is 13.1. The Balaban J connectivity index is 1.32. The van der Waals surface area contributed by atoms with Crippen molar-refractivity contribution in [2.45, 2.75) is 18.4 Å². The Morgan fingerprint density at radius 2 is 1.52 bits per heavy atom. The van der Waals surface area contributed by atoms with E-state index < -0.39 is 18.2 Å². The maximum absolute atomic E-state index is 13.1. The zero-order valence-electron chi connectivity index (χ0n) is 18.1. The molecule has 6 heteroatoms. The molecule has 3 aromatic carbocycles. The second-order valence-corrected chi connectivity index (χ2v) is 8.36. The first-order valence-electron chi connectivity index (χ1n) is 11.2. The number of carboxylic acid groups (broad SMARTS) is 1. The minimum Gasteiger partial charge on any atom is -0.478 e. The van der Waals surface area contributed by atoms with Crippen molar-refractivity contribution in [2.24, 2.45) is 0 Å². The number of hydrogen-bond donors (Lipinski definition) is 1. The molecule has 1 N–H and O–H groups in total. The van der Waals surface area contributed by atoms with Gasteiger partial charge in [0.25, 0.3) is 0 Å². The largest absolute Gasteiger partial charge is 0.478 e. The summed E-state index contributed by atoms with van der Waals surface area (Å²) in [4.78, 5) is 26.3. The third-order valence-electron chi connectivity index (χ3n) is 6.41. The Morgan fingerprint density at radius 3 is 2.18 bits per heavy atom. The van der Waals surface area contributed by atoms with E-state index in [-0.39, 0.29) is 24.6 Å². The van der Waals surface area contributed by atoms with Crippen molar-refractivity contribution in [1.29, 1.82) is 0 Å². The number of hydrogen-bond acceptors (Lipinski definition) is 4. The van der Waals surface area contributed by atoms with E-state index in [2.05, 4.69) is 24.3 Å². The van der Waals surface area contributed by atoms with E-state index in [9.17, 15) is 14.7 Å². The number of carbonyl (C=O) groups excluding carboxylic acids is 1. The molecular weight excluding hydrogens is 418 g/mol. The molecule has 5 rings (SSSR count). The average Bonchev–Trinajstić information content (AvgIpc) is 2.98. The van der Waals surface area contributed by atoms with Crippen LogP contribution in [0.1, 0.15) is 45.5 Å². The first-order valence-corrected chi connectivity index (χ1v) is 11.2. The SMILES string of the molecule is O=C(O)c1ccccc1[C@@H]1CN(C(=O)OCC2c3ccccc3-c3ccccc32)CCCO1. The Bertz CT molecular complexity index is 1140. The van der Waals surface area contributed by atoms with Crippen LogP contribution >= 0.6 is 0 Å². The van der Waals surface area contributed by atoms with Crippen LogP contribution in [-0.4, -0.2) is 48.4 Å². The molecule has 0 saturated carbocycles. The first-order chi connectivity index (χ1) is 16.1. The average molecular weight is 443 g/mol. The van der Waals surface area contributed by atoms with Crippen LogP contribution in [0.4, 0.5) is 4.79 Å². The fraction of sp³-hybridized carbons (Fsp3) is 0.259. The molecule has 1 fully saturated rings. The molecule has 0 aromatic heterocycles. The third-order valence-corrected chi connectivity index (χ3v) is 6.41. The van der Waals surface area contributed by atoms with Crippen molar-refractivity contribution in [3.8, 4) is 11.1 Å². The lowest BCUT2D eigenvalue weighted by Gasteiger charge is -2.25. The summed E-state index contributed by atoms with van der Waals surface area (Å²) in [5.41, 5.74) is 5.46. The van der Waals surface area contributed by atoms with Gasteiger partial charge < -0.3 is 19.5 Å². The van der Waals surface area contributed by atoms with Crippen molar-refractivity contribution in [2.75, 3.05) is 26.3 Å². The molecule has 0 spiro atoms. The summed E-state index contributed by atoms with van der Waals surface area (Å²) in [7, 11) is 0. The predicted molar refractivity (Wildman–Crippen MR) is 123 cm³/mol. The van der Waals surface area contributed by atoms with Crippen LogP contribution in [0.15, 0.2) is 72.8 Å². The number of nitrogens with zero attached hydrogens (tertiary/aromatic N) is 1. The molecule has 3 aromatic rings. The fourth-order valence-corrected chi connectivity index (χ4v) is 4.84. The van der Waals surface area contributed by atoms with Gasteiger partial charge in [0.1, 0.15) is 12.7 Å². The van der Waals surface area contributed by atoms with Crippen LogP contribution in [0.2, 0.25) is 0 Å². The minimum absolute atomic E-state index is 0.00638. The Labute approximate surface area is 192 Å². The number of rotatable bonds is 4. The van der Waals surface area contributed by atoms with Gasteiger partial charge in [0.2, 0.25) is 0 Å². The van der Waals surface area contributed by atoms with Crippen molar-refractivity contribution >= 4 is 12.1 Å². The van der Waals surface area contributed by atoms with Crippen LogP contribution < -0.4 is 0 Å². The fourth-order valence-electron chi connectivity index (χ4n) is 4.84. The lowest BCUT2D eigenvalue weighted by Crippen LogP contribution is -2.35. The van der Waals surface area contributed by atoms with Crippen molar-refractivity contribution < 1.29 is 24.2 Å². The zero-order valence-corrected chi connectivity index (χ0v) is 18.1. The number of benzene rings is 3. The normalized spacial score (nSPS) is 17.7. The summed E-state index contributed by atoms with van der Waals surface area (Å²) >= 11 is 0. The molecule has 0 radical (unpaired) electrons. The monoisotopic (exact) mass is 443 g/mol. The highest BCUT2D eigenvalue weighted by atomic mass is 16.6. The Hall–Kier alpha value is -3.64. The van der Waals surface area contributed by atoms with Gasteiger partial charge in [0.15, 0.2) is 0 Å². The van der Waals surface area contributed by atoms with Crippen LogP contribution in [0.5, 0.6) is 0 Å². The van der Waals surface area contributed by atoms with Crippen LogP contribution in [-0.2, 0) is 9.47 Å². The van der Waals surface area contributed by atoms with Crippen LogP contribution in [0, 0.1) is 0 Å². The van der Waals surface area contributed by atoms with E-state index in [0.717, 1.165) is 0 Å². The molecule has 0 unspecified atom stereocenters. The van der Waals surface area contributed by atoms with E-state index in [1.54, 1.807) is 29.2 Å². The highest BCUT2D eigenvalue weighted by molar-refractivity contribution is 5.89. The molecule has 1 atom stereocenters. The van der Waals surface area contributed by atoms with Crippen molar-refractivity contribution in [3.05, 3.63) is 95.1 Å². The number of carbonyl (C=O) groups is 2. The third kappa shape index (κ3) is 4.10. The summed E-state index contributed by atoms with van der Waals surface area (Å²) in [6, 6.07) is 23.2. The Morgan fingerprint density at radius 1 is 0.909 bits per heavy atom. The summed E-state index contributed by atoms with van der Waals surface area (Å²) < 4.78 is 11.7. The quantitative estimate of drug-likeness (QED) is 0.607. The second kappa shape index (κ2) is 9.08. The van der Waals surface area contributed by atoms with Gasteiger partial charge in [-0.1, -0.05) is 66.7 Å². The first kappa shape index (κ1) is 21.2. The van der Waals surface area contributed by atoms with Gasteiger partial charge in [-0.15, -0.1) is 0 Å². The van der Waals surface area contributed by atoms with E-state index in [1.165, 1.54) is 22.3 Å². The van der Waals surface area contributed by atoms with Gasteiger partial charge in [-0.25, -0.2) is 9.59 Å². The molecule has 33 heavy (non-hydrogen) atoms. The summed E-state index contributed by atoms with van der Waals surface area (Å²) in [6.07, 6.45) is -0.254. The molecule has 168 valence electrons. The summed E-state index contributed by atoms with van der Waals surface area (Å²) in [6.45, 7) is 1.45. The van der Waals surface area contributed by atoms with E-state index in [0.29, 0.717) is 25.1 Å². The van der Waals surface area contributed by atoms with Crippen molar-refractivity contribution in [3.63, 3.8) is 0 Å². The molecule has 6 nitrogen and oxygen atoms in total. The molecule has 1 amide bonds. The second-order valence-electron chi connectivity index (χ2n) is 8.36. The minimum atomic E-state index is -1.01. The van der Waals surface area contributed by atoms with Gasteiger partial charge in [0, 0.05) is 19.1 Å².